The van der Waals surface area contributed by atoms with Gasteiger partial charge in [-0.05, 0) is 37.0 Å². The summed E-state index contributed by atoms with van der Waals surface area (Å²) in [7, 11) is 0. The average molecular weight is 235 g/mol. The summed E-state index contributed by atoms with van der Waals surface area (Å²) in [5.41, 5.74) is 6.78. The number of amides is 1. The maximum atomic E-state index is 11.0. The summed E-state index contributed by atoms with van der Waals surface area (Å²) in [5.74, 6) is -1.17. The third kappa shape index (κ3) is 5.15. The quantitative estimate of drug-likeness (QED) is 0.709. The number of hydrogen-bond donors (Lipinski definition) is 2. The van der Waals surface area contributed by atoms with E-state index in [-0.39, 0.29) is 6.42 Å². The Morgan fingerprint density at radius 3 is 2.59 bits per heavy atom. The lowest BCUT2D eigenvalue weighted by molar-refractivity contribution is -0.137. The molecule has 0 unspecified atom stereocenters. The number of carbonyl (C=O) groups excluding carboxylic acids is 1. The van der Waals surface area contributed by atoms with E-state index in [0.29, 0.717) is 12.0 Å². The predicted octanol–water partition coefficient (Wildman–Crippen LogP) is 1.97. The van der Waals surface area contributed by atoms with Gasteiger partial charge in [-0.25, -0.2) is 0 Å². The van der Waals surface area contributed by atoms with E-state index < -0.39 is 11.9 Å². The number of benzene rings is 1. The van der Waals surface area contributed by atoms with Crippen LogP contribution in [-0.2, 0) is 11.2 Å². The predicted molar refractivity (Wildman–Crippen MR) is 64.8 cm³/mol. The van der Waals surface area contributed by atoms with Gasteiger partial charge >= 0.3 is 5.97 Å². The fourth-order valence-corrected chi connectivity index (χ4v) is 1.66. The molecule has 4 heteroatoms. The zero-order valence-corrected chi connectivity index (χ0v) is 9.69. The first-order chi connectivity index (χ1) is 8.09. The van der Waals surface area contributed by atoms with Gasteiger partial charge in [0.2, 0.25) is 5.91 Å². The summed E-state index contributed by atoms with van der Waals surface area (Å²) >= 11 is 0. The lowest BCUT2D eigenvalue weighted by Crippen LogP contribution is -2.10. The molecule has 4 nitrogen and oxygen atoms in total. The Morgan fingerprint density at radius 2 is 1.94 bits per heavy atom. The van der Waals surface area contributed by atoms with Crippen molar-refractivity contribution in [1.82, 2.24) is 0 Å². The monoisotopic (exact) mass is 235 g/mol. The highest BCUT2D eigenvalue weighted by Crippen LogP contribution is 2.10. The molecule has 0 aromatic heterocycles. The van der Waals surface area contributed by atoms with Gasteiger partial charge in [0.1, 0.15) is 0 Å². The van der Waals surface area contributed by atoms with Crippen molar-refractivity contribution in [2.75, 3.05) is 0 Å². The van der Waals surface area contributed by atoms with Crippen molar-refractivity contribution in [2.24, 2.45) is 5.73 Å². The molecule has 0 heterocycles. The first-order valence-electron chi connectivity index (χ1n) is 5.70. The number of primary amides is 1. The number of carboxylic acids is 1. The Bertz CT molecular complexity index is 401. The second kappa shape index (κ2) is 6.68. The van der Waals surface area contributed by atoms with Crippen LogP contribution in [0.15, 0.2) is 24.3 Å². The van der Waals surface area contributed by atoms with E-state index in [1.54, 1.807) is 12.1 Å². The number of carboxylic acid groups (broad SMARTS) is 1. The highest BCUT2D eigenvalue weighted by Gasteiger charge is 2.01. The van der Waals surface area contributed by atoms with Crippen LogP contribution in [0.4, 0.5) is 0 Å². The number of unbranched alkanes of at least 4 members (excludes halogenated alkanes) is 2. The Kier molecular flexibility index (Phi) is 5.20. The zero-order chi connectivity index (χ0) is 12.7. The highest BCUT2D eigenvalue weighted by atomic mass is 16.4. The molecule has 0 saturated heterocycles. The van der Waals surface area contributed by atoms with Gasteiger partial charge in [0.25, 0.3) is 0 Å². The van der Waals surface area contributed by atoms with Crippen LogP contribution in [0.25, 0.3) is 0 Å². The van der Waals surface area contributed by atoms with Crippen molar-refractivity contribution < 1.29 is 14.7 Å². The van der Waals surface area contributed by atoms with Gasteiger partial charge in [-0.3, -0.25) is 9.59 Å². The third-order valence-electron chi connectivity index (χ3n) is 2.57. The molecule has 0 radical (unpaired) electrons. The smallest absolute Gasteiger partial charge is 0.303 e. The van der Waals surface area contributed by atoms with Crippen molar-refractivity contribution in [3.63, 3.8) is 0 Å². The van der Waals surface area contributed by atoms with E-state index in [4.69, 9.17) is 10.8 Å². The SMILES string of the molecule is NC(=O)c1cccc(CCCCCC(=O)O)c1. The van der Waals surface area contributed by atoms with Gasteiger partial charge in [-0.2, -0.15) is 0 Å². The van der Waals surface area contributed by atoms with Crippen LogP contribution in [0.5, 0.6) is 0 Å². The average Bonchev–Trinajstić information content (AvgIpc) is 2.28. The molecule has 0 aliphatic carbocycles. The molecule has 17 heavy (non-hydrogen) atoms. The topological polar surface area (TPSA) is 80.4 Å². The number of aliphatic carboxylic acids is 1. The second-order valence-corrected chi connectivity index (χ2v) is 4.02. The first kappa shape index (κ1) is 13.2. The van der Waals surface area contributed by atoms with Crippen LogP contribution in [0.3, 0.4) is 0 Å². The van der Waals surface area contributed by atoms with Gasteiger partial charge < -0.3 is 10.8 Å². The largest absolute Gasteiger partial charge is 0.481 e. The lowest BCUT2D eigenvalue weighted by Gasteiger charge is -2.02. The molecule has 3 N–H and O–H groups in total. The van der Waals surface area contributed by atoms with Crippen molar-refractivity contribution in [3.8, 4) is 0 Å². The molecule has 0 spiro atoms. The summed E-state index contributed by atoms with van der Waals surface area (Å²) in [4.78, 5) is 21.3. The van der Waals surface area contributed by atoms with Gasteiger partial charge in [0, 0.05) is 12.0 Å². The number of nitrogens with two attached hydrogens (primary N) is 1. The molecule has 0 aliphatic heterocycles. The first-order valence-corrected chi connectivity index (χ1v) is 5.70. The van der Waals surface area contributed by atoms with Crippen LogP contribution in [0.2, 0.25) is 0 Å². The summed E-state index contributed by atoms with van der Waals surface area (Å²) in [6, 6.07) is 7.24. The Balaban J connectivity index is 2.34. The Hall–Kier alpha value is -1.84. The van der Waals surface area contributed by atoms with Crippen molar-refractivity contribution in [3.05, 3.63) is 35.4 Å². The lowest BCUT2D eigenvalue weighted by atomic mass is 10.0. The van der Waals surface area contributed by atoms with Crippen LogP contribution in [0.1, 0.15) is 41.6 Å². The van der Waals surface area contributed by atoms with Gasteiger partial charge in [-0.1, -0.05) is 18.6 Å². The standard InChI is InChI=1S/C13H17NO3/c14-13(17)11-7-4-6-10(9-11)5-2-1-3-8-12(15)16/h4,6-7,9H,1-3,5,8H2,(H2,14,17)(H,15,16). The summed E-state index contributed by atoms with van der Waals surface area (Å²) < 4.78 is 0. The van der Waals surface area contributed by atoms with E-state index >= 15 is 0 Å². The molecule has 1 amide bonds. The van der Waals surface area contributed by atoms with Crippen molar-refractivity contribution in [2.45, 2.75) is 32.1 Å². The van der Waals surface area contributed by atoms with Gasteiger partial charge in [-0.15, -0.1) is 0 Å². The van der Waals surface area contributed by atoms with Crippen molar-refractivity contribution >= 4 is 11.9 Å². The number of hydrogen-bond acceptors (Lipinski definition) is 2. The molecule has 0 atom stereocenters. The van der Waals surface area contributed by atoms with E-state index in [1.807, 2.05) is 12.1 Å². The molecule has 92 valence electrons. The van der Waals surface area contributed by atoms with E-state index in [0.717, 1.165) is 24.8 Å². The molecular formula is C13H17NO3. The normalized spacial score (nSPS) is 10.1. The summed E-state index contributed by atoms with van der Waals surface area (Å²) in [6.07, 6.45) is 3.58. The summed E-state index contributed by atoms with van der Waals surface area (Å²) in [5, 5.41) is 8.48. The molecule has 0 bridgehead atoms. The summed E-state index contributed by atoms with van der Waals surface area (Å²) in [6.45, 7) is 0. The Labute approximate surface area is 100 Å². The zero-order valence-electron chi connectivity index (χ0n) is 9.69. The minimum absolute atomic E-state index is 0.224. The molecule has 0 saturated carbocycles. The van der Waals surface area contributed by atoms with Crippen LogP contribution in [-0.4, -0.2) is 17.0 Å². The minimum atomic E-state index is -0.749. The molecule has 0 aliphatic rings. The number of rotatable bonds is 7. The maximum Gasteiger partial charge on any atom is 0.303 e. The van der Waals surface area contributed by atoms with Crippen molar-refractivity contribution in [1.29, 1.82) is 0 Å². The fraction of sp³-hybridized carbons (Fsp3) is 0.385. The second-order valence-electron chi connectivity index (χ2n) is 4.02. The molecule has 1 rings (SSSR count). The third-order valence-corrected chi connectivity index (χ3v) is 2.57. The molecule has 1 aromatic carbocycles. The number of aryl methyl sites for hydroxylation is 1. The van der Waals surface area contributed by atoms with E-state index in [9.17, 15) is 9.59 Å². The molecule has 1 aromatic rings. The van der Waals surface area contributed by atoms with Crippen LogP contribution >= 0.6 is 0 Å². The Morgan fingerprint density at radius 1 is 1.18 bits per heavy atom. The maximum absolute atomic E-state index is 11.0. The molecule has 0 fully saturated rings. The molecular weight excluding hydrogens is 218 g/mol. The van der Waals surface area contributed by atoms with Crippen LogP contribution < -0.4 is 5.73 Å². The van der Waals surface area contributed by atoms with E-state index in [2.05, 4.69) is 0 Å². The minimum Gasteiger partial charge on any atom is -0.481 e. The fourth-order valence-electron chi connectivity index (χ4n) is 1.66. The van der Waals surface area contributed by atoms with Gasteiger partial charge in [0.15, 0.2) is 0 Å². The van der Waals surface area contributed by atoms with E-state index in [1.165, 1.54) is 0 Å². The highest BCUT2D eigenvalue weighted by molar-refractivity contribution is 5.92. The van der Waals surface area contributed by atoms with Gasteiger partial charge in [0.05, 0.1) is 0 Å². The van der Waals surface area contributed by atoms with Crippen LogP contribution in [0, 0.1) is 0 Å². The number of carbonyl (C=O) groups is 2.